The van der Waals surface area contributed by atoms with Crippen molar-refractivity contribution in [1.29, 1.82) is 0 Å². The van der Waals surface area contributed by atoms with Crippen molar-refractivity contribution in [1.82, 2.24) is 4.90 Å². The summed E-state index contributed by atoms with van der Waals surface area (Å²) >= 11 is 5.76. The lowest BCUT2D eigenvalue weighted by Crippen LogP contribution is -2.42. The van der Waals surface area contributed by atoms with Crippen molar-refractivity contribution in [3.05, 3.63) is 29.0 Å². The molecule has 1 aromatic rings. The van der Waals surface area contributed by atoms with Crippen molar-refractivity contribution in [3.63, 3.8) is 0 Å². The fourth-order valence-corrected chi connectivity index (χ4v) is 3.51. The zero-order valence-electron chi connectivity index (χ0n) is 14.2. The molecule has 2 saturated heterocycles. The molecule has 0 bridgehead atoms. The summed E-state index contributed by atoms with van der Waals surface area (Å²) in [6.45, 7) is 3.26. The van der Waals surface area contributed by atoms with E-state index in [-0.39, 0.29) is 29.7 Å². The highest BCUT2D eigenvalue weighted by Crippen LogP contribution is 2.20. The summed E-state index contributed by atoms with van der Waals surface area (Å²) in [6.07, 6.45) is 4.54. The SMILES string of the molecule is O=C(CN(CC1CCCO1)CC1CCCO1)Nc1ccc(F)c(Cl)c1. The summed E-state index contributed by atoms with van der Waals surface area (Å²) in [5, 5.41) is 2.77. The van der Waals surface area contributed by atoms with E-state index in [1.54, 1.807) is 0 Å². The number of hydrogen-bond acceptors (Lipinski definition) is 4. The van der Waals surface area contributed by atoms with Gasteiger partial charge in [-0.1, -0.05) is 11.6 Å². The topological polar surface area (TPSA) is 50.8 Å². The molecule has 2 atom stereocenters. The third-order valence-electron chi connectivity index (χ3n) is 4.54. The molecule has 3 rings (SSSR count). The first kappa shape index (κ1) is 18.6. The molecule has 1 N–H and O–H groups in total. The van der Waals surface area contributed by atoms with Crippen LogP contribution in [0.4, 0.5) is 10.1 Å². The number of nitrogens with one attached hydrogen (secondary N) is 1. The maximum atomic E-state index is 13.2. The van der Waals surface area contributed by atoms with Crippen molar-refractivity contribution in [3.8, 4) is 0 Å². The maximum absolute atomic E-state index is 13.2. The van der Waals surface area contributed by atoms with Gasteiger partial charge in [0.25, 0.3) is 0 Å². The van der Waals surface area contributed by atoms with Crippen molar-refractivity contribution in [2.24, 2.45) is 0 Å². The molecule has 0 spiro atoms. The van der Waals surface area contributed by atoms with E-state index in [1.165, 1.54) is 18.2 Å². The predicted octanol–water partition coefficient (Wildman–Crippen LogP) is 3.08. The van der Waals surface area contributed by atoms with Gasteiger partial charge < -0.3 is 14.8 Å². The number of rotatable bonds is 7. The largest absolute Gasteiger partial charge is 0.377 e. The third kappa shape index (κ3) is 5.64. The monoisotopic (exact) mass is 370 g/mol. The molecule has 0 saturated carbocycles. The first-order chi connectivity index (χ1) is 12.1. The van der Waals surface area contributed by atoms with Gasteiger partial charge in [-0.3, -0.25) is 9.69 Å². The average molecular weight is 371 g/mol. The number of ether oxygens (including phenoxy) is 2. The predicted molar refractivity (Wildman–Crippen MR) is 94.4 cm³/mol. The van der Waals surface area contributed by atoms with E-state index in [4.69, 9.17) is 21.1 Å². The van der Waals surface area contributed by atoms with E-state index in [2.05, 4.69) is 10.2 Å². The normalized spacial score (nSPS) is 23.3. The van der Waals surface area contributed by atoms with Crippen LogP contribution < -0.4 is 5.32 Å². The Labute approximate surface area is 152 Å². The van der Waals surface area contributed by atoms with Crippen LogP contribution in [0.3, 0.4) is 0 Å². The summed E-state index contributed by atoms with van der Waals surface area (Å²) in [4.78, 5) is 14.5. The zero-order chi connectivity index (χ0) is 17.6. The summed E-state index contributed by atoms with van der Waals surface area (Å²) in [5.74, 6) is -0.656. The summed E-state index contributed by atoms with van der Waals surface area (Å²) in [7, 11) is 0. The van der Waals surface area contributed by atoms with Gasteiger partial charge in [-0.15, -0.1) is 0 Å². The zero-order valence-corrected chi connectivity index (χ0v) is 14.9. The smallest absolute Gasteiger partial charge is 0.238 e. The molecular weight excluding hydrogens is 347 g/mol. The molecule has 0 aromatic heterocycles. The molecule has 25 heavy (non-hydrogen) atoms. The minimum atomic E-state index is -0.502. The number of nitrogens with zero attached hydrogens (tertiary/aromatic N) is 1. The molecule has 0 radical (unpaired) electrons. The lowest BCUT2D eigenvalue weighted by atomic mass is 10.2. The Morgan fingerprint density at radius 1 is 1.20 bits per heavy atom. The number of carbonyl (C=O) groups excluding carboxylic acids is 1. The van der Waals surface area contributed by atoms with Gasteiger partial charge in [-0.2, -0.15) is 0 Å². The van der Waals surface area contributed by atoms with Crippen LogP contribution in [0.5, 0.6) is 0 Å². The van der Waals surface area contributed by atoms with Crippen molar-refractivity contribution in [2.45, 2.75) is 37.9 Å². The molecule has 2 heterocycles. The van der Waals surface area contributed by atoms with Gasteiger partial charge in [0.15, 0.2) is 0 Å². The molecular formula is C18H24ClFN2O3. The van der Waals surface area contributed by atoms with Crippen molar-refractivity contribution in [2.75, 3.05) is 38.2 Å². The highest BCUT2D eigenvalue weighted by Gasteiger charge is 2.25. The Hall–Kier alpha value is -1.21. The number of amides is 1. The van der Waals surface area contributed by atoms with Gasteiger partial charge in [-0.25, -0.2) is 4.39 Å². The average Bonchev–Trinajstić information content (AvgIpc) is 3.25. The quantitative estimate of drug-likeness (QED) is 0.801. The highest BCUT2D eigenvalue weighted by atomic mass is 35.5. The van der Waals surface area contributed by atoms with Crippen LogP contribution in [0, 0.1) is 5.82 Å². The van der Waals surface area contributed by atoms with Gasteiger partial charge in [0.2, 0.25) is 5.91 Å². The number of carbonyl (C=O) groups is 1. The van der Waals surface area contributed by atoms with Gasteiger partial charge in [0.05, 0.1) is 23.8 Å². The van der Waals surface area contributed by atoms with Crippen molar-refractivity contribution < 1.29 is 18.7 Å². The lowest BCUT2D eigenvalue weighted by molar-refractivity contribution is -0.118. The van der Waals surface area contributed by atoms with E-state index >= 15 is 0 Å². The fraction of sp³-hybridized carbons (Fsp3) is 0.611. The second-order valence-electron chi connectivity index (χ2n) is 6.64. The van der Waals surface area contributed by atoms with E-state index in [9.17, 15) is 9.18 Å². The lowest BCUT2D eigenvalue weighted by Gasteiger charge is -2.27. The maximum Gasteiger partial charge on any atom is 0.238 e. The molecule has 2 unspecified atom stereocenters. The minimum Gasteiger partial charge on any atom is -0.377 e. The number of halogens is 2. The summed E-state index contributed by atoms with van der Waals surface area (Å²) in [6, 6.07) is 4.16. The molecule has 138 valence electrons. The van der Waals surface area contributed by atoms with E-state index in [1.807, 2.05) is 0 Å². The number of benzene rings is 1. The Morgan fingerprint density at radius 3 is 2.36 bits per heavy atom. The van der Waals surface area contributed by atoms with Crippen LogP contribution in [-0.2, 0) is 14.3 Å². The highest BCUT2D eigenvalue weighted by molar-refractivity contribution is 6.31. The Bertz CT molecular complexity index is 572. The number of hydrogen-bond donors (Lipinski definition) is 1. The van der Waals surface area contributed by atoms with Crippen LogP contribution in [0.25, 0.3) is 0 Å². The fourth-order valence-electron chi connectivity index (χ4n) is 3.33. The van der Waals surface area contributed by atoms with Crippen LogP contribution in [-0.4, -0.2) is 55.9 Å². The molecule has 1 amide bonds. The Balaban J connectivity index is 1.56. The first-order valence-electron chi connectivity index (χ1n) is 8.80. The minimum absolute atomic E-state index is 0.00614. The van der Waals surface area contributed by atoms with Gasteiger partial charge in [0.1, 0.15) is 5.82 Å². The van der Waals surface area contributed by atoms with Crippen LogP contribution in [0.15, 0.2) is 18.2 Å². The molecule has 7 heteroatoms. The van der Waals surface area contributed by atoms with E-state index in [0.29, 0.717) is 5.69 Å². The molecule has 2 aliphatic heterocycles. The van der Waals surface area contributed by atoms with Gasteiger partial charge in [0, 0.05) is 32.0 Å². The number of anilines is 1. The van der Waals surface area contributed by atoms with Crippen LogP contribution >= 0.6 is 11.6 Å². The second kappa shape index (κ2) is 8.94. The van der Waals surface area contributed by atoms with Gasteiger partial charge >= 0.3 is 0 Å². The second-order valence-corrected chi connectivity index (χ2v) is 7.05. The van der Waals surface area contributed by atoms with E-state index < -0.39 is 5.82 Å². The first-order valence-corrected chi connectivity index (χ1v) is 9.18. The van der Waals surface area contributed by atoms with E-state index in [0.717, 1.165) is 52.0 Å². The Morgan fingerprint density at radius 2 is 1.84 bits per heavy atom. The summed E-state index contributed by atoms with van der Waals surface area (Å²) < 4.78 is 24.6. The molecule has 1 aromatic carbocycles. The van der Waals surface area contributed by atoms with Crippen LogP contribution in [0.1, 0.15) is 25.7 Å². The van der Waals surface area contributed by atoms with Crippen molar-refractivity contribution >= 4 is 23.2 Å². The third-order valence-corrected chi connectivity index (χ3v) is 4.83. The molecule has 2 fully saturated rings. The van der Waals surface area contributed by atoms with Crippen LogP contribution in [0.2, 0.25) is 5.02 Å². The molecule has 0 aliphatic carbocycles. The standard InChI is InChI=1S/C18H24ClFN2O3/c19-16-9-13(5-6-17(16)20)21-18(23)12-22(10-14-3-1-7-24-14)11-15-4-2-8-25-15/h5-6,9,14-15H,1-4,7-8,10-12H2,(H,21,23). The summed E-state index contributed by atoms with van der Waals surface area (Å²) in [5.41, 5.74) is 0.491. The van der Waals surface area contributed by atoms with Gasteiger partial charge in [-0.05, 0) is 43.9 Å². The Kier molecular flexibility index (Phi) is 6.64. The molecule has 5 nitrogen and oxygen atoms in total. The molecule has 2 aliphatic rings.